The lowest BCUT2D eigenvalue weighted by Crippen LogP contribution is -2.16. The zero-order valence-corrected chi connectivity index (χ0v) is 15.4. The monoisotopic (exact) mass is 371 g/mol. The minimum Gasteiger partial charge on any atom is -0.459 e. The van der Waals surface area contributed by atoms with Crippen molar-refractivity contribution in [2.45, 2.75) is 26.9 Å². The topological polar surface area (TPSA) is 72.7 Å². The van der Waals surface area contributed by atoms with Crippen molar-refractivity contribution < 1.29 is 14.3 Å². The third-order valence-corrected chi connectivity index (χ3v) is 3.91. The van der Waals surface area contributed by atoms with Crippen molar-refractivity contribution in [1.82, 2.24) is 9.38 Å². The fraction of sp³-hybridized carbons (Fsp3) is 0.211. The van der Waals surface area contributed by atoms with Crippen molar-refractivity contribution in [3.05, 3.63) is 64.6 Å². The highest BCUT2D eigenvalue weighted by Gasteiger charge is 2.18. The molecule has 0 atom stereocenters. The van der Waals surface area contributed by atoms with E-state index in [9.17, 15) is 9.59 Å². The molecule has 26 heavy (non-hydrogen) atoms. The lowest BCUT2D eigenvalue weighted by atomic mass is 10.2. The maximum absolute atomic E-state index is 12.7. The highest BCUT2D eigenvalue weighted by Crippen LogP contribution is 2.19. The van der Waals surface area contributed by atoms with Crippen LogP contribution in [-0.2, 0) is 4.74 Å². The second-order valence-electron chi connectivity index (χ2n) is 6.11. The van der Waals surface area contributed by atoms with E-state index in [0.717, 1.165) is 0 Å². The largest absolute Gasteiger partial charge is 0.459 e. The first-order valence-electron chi connectivity index (χ1n) is 8.12. The van der Waals surface area contributed by atoms with Crippen LogP contribution in [0.1, 0.15) is 40.4 Å². The fourth-order valence-corrected chi connectivity index (χ4v) is 2.76. The molecule has 3 rings (SSSR count). The van der Waals surface area contributed by atoms with Gasteiger partial charge in [-0.15, -0.1) is 0 Å². The summed E-state index contributed by atoms with van der Waals surface area (Å²) in [7, 11) is 0. The summed E-state index contributed by atoms with van der Waals surface area (Å²) in [6, 6.07) is 10.00. The molecule has 1 amide bonds. The van der Waals surface area contributed by atoms with Crippen LogP contribution < -0.4 is 5.32 Å². The van der Waals surface area contributed by atoms with Gasteiger partial charge in [0.15, 0.2) is 0 Å². The highest BCUT2D eigenvalue weighted by atomic mass is 35.5. The van der Waals surface area contributed by atoms with Gasteiger partial charge in [0.25, 0.3) is 5.91 Å². The Bertz CT molecular complexity index is 995. The number of fused-ring (bicyclic) bond motifs is 1. The Labute approximate surface area is 155 Å². The molecule has 0 aliphatic heterocycles. The van der Waals surface area contributed by atoms with Crippen LogP contribution in [0.5, 0.6) is 0 Å². The number of pyridine rings is 1. The number of aryl methyl sites for hydroxylation is 1. The summed E-state index contributed by atoms with van der Waals surface area (Å²) in [6.07, 6.45) is 1.48. The van der Waals surface area contributed by atoms with Crippen molar-refractivity contribution in [3.63, 3.8) is 0 Å². The van der Waals surface area contributed by atoms with Crippen molar-refractivity contribution in [2.75, 3.05) is 5.32 Å². The number of carbonyl (C=O) groups excluding carboxylic acids is 2. The Hall–Kier alpha value is -2.86. The zero-order chi connectivity index (χ0) is 18.8. The Morgan fingerprint density at radius 2 is 2.00 bits per heavy atom. The van der Waals surface area contributed by atoms with Gasteiger partial charge in [-0.1, -0.05) is 17.7 Å². The van der Waals surface area contributed by atoms with E-state index >= 15 is 0 Å². The molecule has 0 bridgehead atoms. The van der Waals surface area contributed by atoms with E-state index in [-0.39, 0.29) is 12.0 Å². The maximum Gasteiger partial charge on any atom is 0.338 e. The lowest BCUT2D eigenvalue weighted by molar-refractivity contribution is 0.0377. The number of hydrogen-bond donors (Lipinski definition) is 1. The second-order valence-corrected chi connectivity index (χ2v) is 6.54. The molecule has 1 N–H and O–H groups in total. The summed E-state index contributed by atoms with van der Waals surface area (Å²) < 4.78 is 6.85. The number of amides is 1. The number of aromatic nitrogens is 2. The van der Waals surface area contributed by atoms with Gasteiger partial charge in [-0.25, -0.2) is 9.78 Å². The third-order valence-electron chi connectivity index (χ3n) is 3.68. The van der Waals surface area contributed by atoms with Gasteiger partial charge < -0.3 is 10.1 Å². The molecule has 0 radical (unpaired) electrons. The zero-order valence-electron chi connectivity index (χ0n) is 14.6. The Morgan fingerprint density at radius 3 is 2.73 bits per heavy atom. The van der Waals surface area contributed by atoms with Crippen LogP contribution in [0.15, 0.2) is 42.6 Å². The van der Waals surface area contributed by atoms with Crippen LogP contribution in [0.2, 0.25) is 5.02 Å². The first-order chi connectivity index (χ1) is 12.3. The molecule has 0 aliphatic rings. The summed E-state index contributed by atoms with van der Waals surface area (Å²) in [5, 5.41) is 3.35. The Kier molecular flexibility index (Phi) is 4.95. The molecule has 0 saturated heterocycles. The number of nitrogens with zero attached hydrogens (tertiary/aromatic N) is 2. The number of hydrogen-bond acceptors (Lipinski definition) is 4. The van der Waals surface area contributed by atoms with E-state index in [1.54, 1.807) is 67.8 Å². The summed E-state index contributed by atoms with van der Waals surface area (Å²) in [4.78, 5) is 29.1. The number of carbonyl (C=O) groups is 2. The second kappa shape index (κ2) is 7.17. The molecule has 0 fully saturated rings. The predicted octanol–water partition coefficient (Wildman–Crippen LogP) is 4.11. The number of esters is 1. The van der Waals surface area contributed by atoms with E-state index in [1.165, 1.54) is 0 Å². The normalized spacial score (nSPS) is 11.0. The van der Waals surface area contributed by atoms with Crippen molar-refractivity contribution >= 4 is 34.8 Å². The molecule has 6 nitrogen and oxygen atoms in total. The fourth-order valence-electron chi connectivity index (χ4n) is 2.61. The number of imidazole rings is 1. The molecule has 2 aromatic heterocycles. The SMILES string of the molecule is Cc1nc2cc(Cl)ccn2c1C(=O)Nc1cccc(C(=O)OC(C)C)c1. The van der Waals surface area contributed by atoms with Gasteiger partial charge in [-0.3, -0.25) is 9.20 Å². The summed E-state index contributed by atoms with van der Waals surface area (Å²) >= 11 is 5.97. The van der Waals surface area contributed by atoms with Crippen LogP contribution in [0.4, 0.5) is 5.69 Å². The molecule has 134 valence electrons. The standard InChI is InChI=1S/C19H18ClN3O3/c1-11(2)26-19(25)13-5-4-6-15(9-13)22-18(24)17-12(3)21-16-10-14(20)7-8-23(16)17/h4-11H,1-3H3,(H,22,24). The van der Waals surface area contributed by atoms with Gasteiger partial charge in [0.1, 0.15) is 11.3 Å². The number of anilines is 1. The molecule has 0 saturated carbocycles. The first kappa shape index (κ1) is 17.9. The average Bonchev–Trinajstić information content (AvgIpc) is 2.89. The van der Waals surface area contributed by atoms with Gasteiger partial charge in [0.05, 0.1) is 17.4 Å². The summed E-state index contributed by atoms with van der Waals surface area (Å²) in [5.41, 5.74) is 2.45. The summed E-state index contributed by atoms with van der Waals surface area (Å²) in [6.45, 7) is 5.32. The average molecular weight is 372 g/mol. The number of nitrogens with one attached hydrogen (secondary N) is 1. The molecular formula is C19H18ClN3O3. The first-order valence-corrected chi connectivity index (χ1v) is 8.49. The Balaban J connectivity index is 1.87. The van der Waals surface area contributed by atoms with Crippen molar-refractivity contribution in [3.8, 4) is 0 Å². The minimum absolute atomic E-state index is 0.214. The van der Waals surface area contributed by atoms with E-state index in [1.807, 2.05) is 0 Å². The predicted molar refractivity (Wildman–Crippen MR) is 99.9 cm³/mol. The molecule has 3 aromatic rings. The molecule has 0 aliphatic carbocycles. The van der Waals surface area contributed by atoms with Gasteiger partial charge in [0, 0.05) is 23.0 Å². The molecule has 0 unspecified atom stereocenters. The number of benzene rings is 1. The van der Waals surface area contributed by atoms with E-state index < -0.39 is 5.97 Å². The quantitative estimate of drug-likeness (QED) is 0.700. The smallest absolute Gasteiger partial charge is 0.338 e. The van der Waals surface area contributed by atoms with E-state index in [2.05, 4.69) is 10.3 Å². The molecule has 1 aromatic carbocycles. The van der Waals surface area contributed by atoms with Crippen LogP contribution >= 0.6 is 11.6 Å². The van der Waals surface area contributed by atoms with Crippen molar-refractivity contribution in [2.24, 2.45) is 0 Å². The third kappa shape index (κ3) is 3.70. The molecular weight excluding hydrogens is 354 g/mol. The molecule has 0 spiro atoms. The number of halogens is 1. The maximum atomic E-state index is 12.7. The van der Waals surface area contributed by atoms with Crippen LogP contribution in [0, 0.1) is 6.92 Å². The van der Waals surface area contributed by atoms with Gasteiger partial charge in [0.2, 0.25) is 0 Å². The van der Waals surface area contributed by atoms with E-state index in [4.69, 9.17) is 16.3 Å². The van der Waals surface area contributed by atoms with Crippen LogP contribution in [0.25, 0.3) is 5.65 Å². The molecule has 2 heterocycles. The number of rotatable bonds is 4. The van der Waals surface area contributed by atoms with Crippen LogP contribution in [0.3, 0.4) is 0 Å². The van der Waals surface area contributed by atoms with Gasteiger partial charge in [-0.05, 0) is 45.0 Å². The Morgan fingerprint density at radius 1 is 1.23 bits per heavy atom. The number of ether oxygens (including phenoxy) is 1. The highest BCUT2D eigenvalue weighted by molar-refractivity contribution is 6.30. The van der Waals surface area contributed by atoms with Gasteiger partial charge >= 0.3 is 5.97 Å². The van der Waals surface area contributed by atoms with E-state index in [0.29, 0.717) is 33.3 Å². The van der Waals surface area contributed by atoms with Gasteiger partial charge in [-0.2, -0.15) is 0 Å². The molecule has 7 heteroatoms. The minimum atomic E-state index is -0.434. The van der Waals surface area contributed by atoms with Crippen LogP contribution in [-0.4, -0.2) is 27.4 Å². The summed E-state index contributed by atoms with van der Waals surface area (Å²) in [5.74, 6) is -0.761. The van der Waals surface area contributed by atoms with Crippen molar-refractivity contribution in [1.29, 1.82) is 0 Å². The lowest BCUT2D eigenvalue weighted by Gasteiger charge is -2.10.